The number of aliphatic imine (C=N–C) groups is 1. The van der Waals surface area contributed by atoms with E-state index in [0.29, 0.717) is 14.3 Å². The summed E-state index contributed by atoms with van der Waals surface area (Å²) in [6.45, 7) is 8.68. The molecule has 3 heteroatoms. The second-order valence-electron chi connectivity index (χ2n) is 6.81. The second-order valence-corrected chi connectivity index (χ2v) is 8.56. The molecule has 0 bridgehead atoms. The number of rotatable bonds is 7. The first kappa shape index (κ1) is 19.7. The maximum atomic E-state index is 10.6. The van der Waals surface area contributed by atoms with Crippen molar-refractivity contribution in [2.45, 2.75) is 52.1 Å². The number of hydrogen-bond donors (Lipinski definition) is 1. The fourth-order valence-electron chi connectivity index (χ4n) is 3.48. The van der Waals surface area contributed by atoms with Gasteiger partial charge in [0, 0.05) is 24.0 Å². The second kappa shape index (κ2) is 8.63. The summed E-state index contributed by atoms with van der Waals surface area (Å²) in [5.74, 6) is 0.422. The normalized spacial score (nSPS) is 14.4. The predicted octanol–water partition coefficient (Wildman–Crippen LogP) is 5.47. The molecule has 2 atom stereocenters. The van der Waals surface area contributed by atoms with Gasteiger partial charge in [-0.05, 0) is 49.7 Å². The van der Waals surface area contributed by atoms with Gasteiger partial charge in [-0.1, -0.05) is 64.2 Å². The summed E-state index contributed by atoms with van der Waals surface area (Å²) in [4.78, 5) is 4.24. The minimum Gasteiger partial charge on any atom is -0.508 e. The Balaban J connectivity index is 2.57. The Bertz CT molecular complexity index is 754. The molecule has 2 nitrogen and oxygen atoms in total. The van der Waals surface area contributed by atoms with Crippen LogP contribution in [0.3, 0.4) is 0 Å². The average Bonchev–Trinajstić information content (AvgIpc) is 2.59. The largest absolute Gasteiger partial charge is 0.508 e. The molecule has 2 rings (SSSR count). The third kappa shape index (κ3) is 4.50. The zero-order valence-electron chi connectivity index (χ0n) is 16.1. The number of aromatic hydroxyl groups is 1. The van der Waals surface area contributed by atoms with Gasteiger partial charge in [0.15, 0.2) is 0 Å². The molecule has 0 heterocycles. The predicted molar refractivity (Wildman–Crippen MR) is 112 cm³/mol. The maximum absolute atomic E-state index is 10.6. The summed E-state index contributed by atoms with van der Waals surface area (Å²) < 4.78 is 0. The minimum atomic E-state index is -0.0313. The van der Waals surface area contributed by atoms with Gasteiger partial charge < -0.3 is 5.11 Å². The standard InChI is InChI=1S/C22H30NOP/c1-6-12-22(7-2,19-14-17(4)8-10-20(19)24)25-21-11-9-16(3)13-18(21)15-23-5/h8-11,13-15,24-25H,6-7,12H2,1-5H3/b23-15+. The van der Waals surface area contributed by atoms with E-state index in [-0.39, 0.29) is 5.16 Å². The molecular formula is C22H30NOP. The number of phenols is 1. The number of aryl methyl sites for hydroxylation is 2. The van der Waals surface area contributed by atoms with Crippen LogP contribution in [0.5, 0.6) is 5.75 Å². The molecule has 0 aliphatic carbocycles. The molecule has 2 unspecified atom stereocenters. The van der Waals surface area contributed by atoms with Crippen molar-refractivity contribution in [1.29, 1.82) is 0 Å². The van der Waals surface area contributed by atoms with Crippen molar-refractivity contribution >= 4 is 20.1 Å². The van der Waals surface area contributed by atoms with Crippen molar-refractivity contribution in [1.82, 2.24) is 0 Å². The topological polar surface area (TPSA) is 32.6 Å². The first-order chi connectivity index (χ1) is 12.0. The van der Waals surface area contributed by atoms with E-state index in [1.165, 1.54) is 22.0 Å². The molecule has 25 heavy (non-hydrogen) atoms. The van der Waals surface area contributed by atoms with E-state index in [1.54, 1.807) is 0 Å². The van der Waals surface area contributed by atoms with E-state index in [1.807, 2.05) is 25.4 Å². The van der Waals surface area contributed by atoms with E-state index >= 15 is 0 Å². The van der Waals surface area contributed by atoms with Gasteiger partial charge in [0.2, 0.25) is 0 Å². The SMILES string of the molecule is CCCC(CC)(Pc1ccc(C)cc1/C=N/C)c1cc(C)ccc1O. The summed E-state index contributed by atoms with van der Waals surface area (Å²) in [5, 5.41) is 11.9. The summed E-state index contributed by atoms with van der Waals surface area (Å²) >= 11 is 0. The first-order valence-electron chi connectivity index (χ1n) is 9.07. The van der Waals surface area contributed by atoms with Crippen LogP contribution in [0.2, 0.25) is 0 Å². The molecule has 0 spiro atoms. The maximum Gasteiger partial charge on any atom is 0.119 e. The van der Waals surface area contributed by atoms with Crippen LogP contribution in [0.1, 0.15) is 55.4 Å². The fourth-order valence-corrected chi connectivity index (χ4v) is 5.33. The Morgan fingerprint density at radius 3 is 2.40 bits per heavy atom. The van der Waals surface area contributed by atoms with Crippen molar-refractivity contribution in [2.24, 2.45) is 4.99 Å². The summed E-state index contributed by atoms with van der Waals surface area (Å²) in [6, 6.07) is 12.6. The fraction of sp³-hybridized carbons (Fsp3) is 0.409. The monoisotopic (exact) mass is 355 g/mol. The third-order valence-electron chi connectivity index (χ3n) is 4.80. The van der Waals surface area contributed by atoms with E-state index < -0.39 is 0 Å². The summed E-state index contributed by atoms with van der Waals surface area (Å²) in [5.41, 5.74) is 4.74. The van der Waals surface area contributed by atoms with Crippen LogP contribution in [0.4, 0.5) is 0 Å². The molecule has 0 aromatic heterocycles. The van der Waals surface area contributed by atoms with Crippen LogP contribution in [-0.2, 0) is 5.16 Å². The van der Waals surface area contributed by atoms with Crippen molar-refractivity contribution in [3.8, 4) is 5.75 Å². The quantitative estimate of drug-likeness (QED) is 0.518. The lowest BCUT2D eigenvalue weighted by molar-refractivity contribution is 0.442. The minimum absolute atomic E-state index is 0.0313. The van der Waals surface area contributed by atoms with Crippen molar-refractivity contribution in [2.75, 3.05) is 7.05 Å². The highest BCUT2D eigenvalue weighted by molar-refractivity contribution is 7.48. The number of benzene rings is 2. The van der Waals surface area contributed by atoms with E-state index in [9.17, 15) is 5.11 Å². The van der Waals surface area contributed by atoms with E-state index in [4.69, 9.17) is 0 Å². The molecule has 0 fully saturated rings. The van der Waals surface area contributed by atoms with Crippen molar-refractivity contribution in [3.63, 3.8) is 0 Å². The van der Waals surface area contributed by atoms with Gasteiger partial charge in [-0.15, -0.1) is 0 Å². The van der Waals surface area contributed by atoms with Gasteiger partial charge in [-0.25, -0.2) is 0 Å². The lowest BCUT2D eigenvalue weighted by atomic mass is 9.89. The van der Waals surface area contributed by atoms with Gasteiger partial charge in [-0.2, -0.15) is 0 Å². The first-order valence-corrected chi connectivity index (χ1v) is 10.1. The summed E-state index contributed by atoms with van der Waals surface area (Å²) in [6.07, 6.45) is 5.12. The van der Waals surface area contributed by atoms with Crippen molar-refractivity contribution in [3.05, 3.63) is 58.7 Å². The third-order valence-corrected chi connectivity index (χ3v) is 6.87. The van der Waals surface area contributed by atoms with Crippen LogP contribution in [0.15, 0.2) is 41.4 Å². The van der Waals surface area contributed by atoms with E-state index in [0.717, 1.165) is 24.8 Å². The van der Waals surface area contributed by atoms with Gasteiger partial charge >= 0.3 is 0 Å². The molecule has 0 radical (unpaired) electrons. The Morgan fingerprint density at radius 2 is 1.76 bits per heavy atom. The van der Waals surface area contributed by atoms with Gasteiger partial charge in [-0.3, -0.25) is 4.99 Å². The van der Waals surface area contributed by atoms with Crippen LogP contribution >= 0.6 is 8.58 Å². The molecule has 0 saturated carbocycles. The Morgan fingerprint density at radius 1 is 1.08 bits per heavy atom. The zero-order chi connectivity index (χ0) is 18.4. The molecule has 0 amide bonds. The molecule has 0 aliphatic heterocycles. The van der Waals surface area contributed by atoms with Gasteiger partial charge in [0.05, 0.1) is 0 Å². The Labute approximate surface area is 154 Å². The van der Waals surface area contributed by atoms with Gasteiger partial charge in [0.1, 0.15) is 5.75 Å². The smallest absolute Gasteiger partial charge is 0.119 e. The van der Waals surface area contributed by atoms with Crippen molar-refractivity contribution < 1.29 is 5.11 Å². The number of hydrogen-bond acceptors (Lipinski definition) is 2. The lowest BCUT2D eigenvalue weighted by Gasteiger charge is -2.35. The lowest BCUT2D eigenvalue weighted by Crippen LogP contribution is -2.24. The molecule has 1 N–H and O–H groups in total. The zero-order valence-corrected chi connectivity index (χ0v) is 17.1. The average molecular weight is 355 g/mol. The van der Waals surface area contributed by atoms with Gasteiger partial charge in [0.25, 0.3) is 0 Å². The number of nitrogens with zero attached hydrogens (tertiary/aromatic N) is 1. The molecule has 0 saturated heterocycles. The van der Waals surface area contributed by atoms with E-state index in [2.05, 4.69) is 57.0 Å². The highest BCUT2D eigenvalue weighted by atomic mass is 31.1. The molecule has 0 aliphatic rings. The molecule has 134 valence electrons. The molecular weight excluding hydrogens is 325 g/mol. The van der Waals surface area contributed by atoms with Crippen LogP contribution in [0, 0.1) is 13.8 Å². The summed E-state index contributed by atoms with van der Waals surface area (Å²) in [7, 11) is 2.42. The van der Waals surface area contributed by atoms with Crippen LogP contribution in [0.25, 0.3) is 0 Å². The highest BCUT2D eigenvalue weighted by Crippen LogP contribution is 2.51. The highest BCUT2D eigenvalue weighted by Gasteiger charge is 2.33. The molecule has 2 aromatic carbocycles. The number of phenolic OH excluding ortho intramolecular Hbond substituents is 1. The molecule has 2 aromatic rings. The Kier molecular flexibility index (Phi) is 6.79. The van der Waals surface area contributed by atoms with Crippen LogP contribution < -0.4 is 5.30 Å². The Hall–Kier alpha value is -1.66. The van der Waals surface area contributed by atoms with Crippen LogP contribution in [-0.4, -0.2) is 18.4 Å².